The number of nitrogen functional groups attached to an aromatic ring is 1. The van der Waals surface area contributed by atoms with Crippen LogP contribution in [0.3, 0.4) is 0 Å². The minimum absolute atomic E-state index is 0.223. The fourth-order valence-corrected chi connectivity index (χ4v) is 2.12. The average molecular weight is 237 g/mol. The van der Waals surface area contributed by atoms with Crippen LogP contribution in [0, 0.1) is 0 Å². The summed E-state index contributed by atoms with van der Waals surface area (Å²) in [5.41, 5.74) is 6.11. The molecule has 7 heteroatoms. The smallest absolute Gasteiger partial charge is 0.343 e. The van der Waals surface area contributed by atoms with Crippen molar-refractivity contribution in [3.63, 3.8) is 0 Å². The lowest BCUT2D eigenvalue weighted by Crippen LogP contribution is -2.16. The molecule has 0 atom stereocenters. The third-order valence-electron chi connectivity index (χ3n) is 2.03. The highest BCUT2D eigenvalue weighted by Crippen LogP contribution is 2.27. The van der Waals surface area contributed by atoms with Gasteiger partial charge in [-0.1, -0.05) is 0 Å². The Balaban J connectivity index is 2.34. The van der Waals surface area contributed by atoms with E-state index in [1.54, 1.807) is 18.3 Å². The first-order valence-corrected chi connectivity index (χ1v) is 5.57. The van der Waals surface area contributed by atoms with Gasteiger partial charge in [0.25, 0.3) is 0 Å². The topological polar surface area (TPSA) is 89.6 Å². The number of H-pyrrole nitrogens is 1. The standard InChI is InChI=1S/C9H11N5OS/c1-2-14-8(15)12-13-9(14)16-7-6(10)4-3-5-11-7/h3-5H,2,10H2,1H3,(H,12,15). The zero-order valence-electron chi connectivity index (χ0n) is 8.67. The van der Waals surface area contributed by atoms with Crippen molar-refractivity contribution in [2.24, 2.45) is 0 Å². The van der Waals surface area contributed by atoms with Gasteiger partial charge in [-0.2, -0.15) is 0 Å². The van der Waals surface area contributed by atoms with Gasteiger partial charge in [0.1, 0.15) is 5.03 Å². The number of rotatable bonds is 3. The molecule has 0 amide bonds. The van der Waals surface area contributed by atoms with E-state index in [0.29, 0.717) is 22.4 Å². The lowest BCUT2D eigenvalue weighted by molar-refractivity contribution is 0.660. The maximum Gasteiger partial charge on any atom is 0.343 e. The first-order chi connectivity index (χ1) is 7.72. The van der Waals surface area contributed by atoms with E-state index in [1.165, 1.54) is 16.3 Å². The summed E-state index contributed by atoms with van der Waals surface area (Å²) in [5, 5.41) is 7.53. The monoisotopic (exact) mass is 237 g/mol. The second-order valence-corrected chi connectivity index (χ2v) is 4.01. The molecule has 0 aromatic carbocycles. The fraction of sp³-hybridized carbons (Fsp3) is 0.222. The molecule has 0 aliphatic heterocycles. The predicted octanol–water partition coefficient (Wildman–Crippen LogP) is 0.720. The number of aromatic nitrogens is 4. The van der Waals surface area contributed by atoms with Crippen molar-refractivity contribution in [1.82, 2.24) is 19.7 Å². The molecular weight excluding hydrogens is 226 g/mol. The van der Waals surface area contributed by atoms with Crippen molar-refractivity contribution in [2.75, 3.05) is 5.73 Å². The van der Waals surface area contributed by atoms with Gasteiger partial charge in [-0.05, 0) is 30.8 Å². The van der Waals surface area contributed by atoms with Crippen LogP contribution in [0.5, 0.6) is 0 Å². The highest BCUT2D eigenvalue weighted by atomic mass is 32.2. The molecule has 3 N–H and O–H groups in total. The lowest BCUT2D eigenvalue weighted by atomic mass is 10.4. The number of pyridine rings is 1. The Hall–Kier alpha value is -1.76. The van der Waals surface area contributed by atoms with Gasteiger partial charge < -0.3 is 5.73 Å². The Morgan fingerprint density at radius 3 is 3.12 bits per heavy atom. The Bertz CT molecular complexity index is 547. The molecule has 0 saturated carbocycles. The molecule has 2 heterocycles. The average Bonchev–Trinajstić information content (AvgIpc) is 2.63. The van der Waals surface area contributed by atoms with Crippen LogP contribution in [0.1, 0.15) is 6.92 Å². The van der Waals surface area contributed by atoms with E-state index in [4.69, 9.17) is 5.73 Å². The summed E-state index contributed by atoms with van der Waals surface area (Å²) in [5.74, 6) is 0. The molecule has 0 saturated heterocycles. The Morgan fingerprint density at radius 2 is 2.44 bits per heavy atom. The molecule has 16 heavy (non-hydrogen) atoms. The van der Waals surface area contributed by atoms with E-state index >= 15 is 0 Å². The number of hydrogen-bond acceptors (Lipinski definition) is 5. The minimum Gasteiger partial charge on any atom is -0.397 e. The van der Waals surface area contributed by atoms with E-state index < -0.39 is 0 Å². The maximum absolute atomic E-state index is 11.3. The Morgan fingerprint density at radius 1 is 1.62 bits per heavy atom. The van der Waals surface area contributed by atoms with Gasteiger partial charge in [0.05, 0.1) is 5.69 Å². The van der Waals surface area contributed by atoms with Crippen LogP contribution >= 0.6 is 11.8 Å². The first kappa shape index (κ1) is 10.7. The molecule has 0 radical (unpaired) electrons. The number of hydrogen-bond donors (Lipinski definition) is 2. The van der Waals surface area contributed by atoms with E-state index in [-0.39, 0.29) is 5.69 Å². The number of anilines is 1. The second-order valence-electron chi connectivity index (χ2n) is 3.06. The van der Waals surface area contributed by atoms with Gasteiger partial charge in [-0.3, -0.25) is 4.57 Å². The predicted molar refractivity (Wildman–Crippen MR) is 61.3 cm³/mol. The van der Waals surface area contributed by atoms with Gasteiger partial charge in [0.2, 0.25) is 0 Å². The van der Waals surface area contributed by atoms with Gasteiger partial charge in [-0.25, -0.2) is 14.9 Å². The highest BCUT2D eigenvalue weighted by Gasteiger charge is 2.10. The van der Waals surface area contributed by atoms with Crippen LogP contribution in [-0.2, 0) is 6.54 Å². The van der Waals surface area contributed by atoms with Gasteiger partial charge >= 0.3 is 5.69 Å². The number of nitrogens with zero attached hydrogens (tertiary/aromatic N) is 3. The molecule has 2 rings (SSSR count). The molecule has 2 aromatic rings. The van der Waals surface area contributed by atoms with Crippen molar-refractivity contribution in [2.45, 2.75) is 23.7 Å². The number of nitrogens with one attached hydrogen (secondary N) is 1. The molecule has 0 aliphatic carbocycles. The molecule has 2 aromatic heterocycles. The van der Waals surface area contributed by atoms with Crippen molar-refractivity contribution in [3.05, 3.63) is 28.8 Å². The normalized spacial score (nSPS) is 10.6. The molecule has 0 fully saturated rings. The Labute approximate surface area is 95.9 Å². The van der Waals surface area contributed by atoms with Crippen molar-refractivity contribution in [1.29, 1.82) is 0 Å². The van der Waals surface area contributed by atoms with E-state index in [2.05, 4.69) is 15.2 Å². The van der Waals surface area contributed by atoms with Crippen LogP contribution in [0.15, 0.2) is 33.3 Å². The summed E-state index contributed by atoms with van der Waals surface area (Å²) in [6.45, 7) is 2.44. The third kappa shape index (κ3) is 1.94. The van der Waals surface area contributed by atoms with Crippen LogP contribution in [0.25, 0.3) is 0 Å². The summed E-state index contributed by atoms with van der Waals surface area (Å²) >= 11 is 1.27. The molecule has 84 valence electrons. The van der Waals surface area contributed by atoms with Gasteiger partial charge in [-0.15, -0.1) is 5.10 Å². The summed E-state index contributed by atoms with van der Waals surface area (Å²) in [6.07, 6.45) is 1.65. The fourth-order valence-electron chi connectivity index (χ4n) is 1.24. The van der Waals surface area contributed by atoms with Crippen molar-refractivity contribution in [3.8, 4) is 0 Å². The molecule has 0 unspecified atom stereocenters. The van der Waals surface area contributed by atoms with E-state index in [9.17, 15) is 4.79 Å². The first-order valence-electron chi connectivity index (χ1n) is 4.76. The van der Waals surface area contributed by atoms with Gasteiger partial charge in [0, 0.05) is 12.7 Å². The highest BCUT2D eigenvalue weighted by molar-refractivity contribution is 7.99. The van der Waals surface area contributed by atoms with Crippen LogP contribution < -0.4 is 11.4 Å². The van der Waals surface area contributed by atoms with Crippen LogP contribution in [0.2, 0.25) is 0 Å². The molecule has 0 spiro atoms. The van der Waals surface area contributed by atoms with Crippen molar-refractivity contribution < 1.29 is 0 Å². The molecule has 6 nitrogen and oxygen atoms in total. The van der Waals surface area contributed by atoms with Crippen molar-refractivity contribution >= 4 is 17.4 Å². The number of nitrogens with two attached hydrogens (primary N) is 1. The van der Waals surface area contributed by atoms with E-state index in [1.807, 2.05) is 6.92 Å². The molecular formula is C9H11N5OS. The maximum atomic E-state index is 11.3. The SMILES string of the molecule is CCn1c(Sc2ncccc2N)n[nH]c1=O. The summed E-state index contributed by atoms with van der Waals surface area (Å²) in [6, 6.07) is 3.52. The molecule has 0 bridgehead atoms. The molecule has 0 aliphatic rings. The Kier molecular flexibility index (Phi) is 2.95. The second kappa shape index (κ2) is 4.40. The summed E-state index contributed by atoms with van der Waals surface area (Å²) < 4.78 is 1.53. The van der Waals surface area contributed by atoms with Crippen LogP contribution in [-0.4, -0.2) is 19.7 Å². The zero-order valence-corrected chi connectivity index (χ0v) is 9.49. The van der Waals surface area contributed by atoms with Gasteiger partial charge in [0.15, 0.2) is 5.16 Å². The quantitative estimate of drug-likeness (QED) is 0.821. The minimum atomic E-state index is -0.223. The summed E-state index contributed by atoms with van der Waals surface area (Å²) in [4.78, 5) is 15.5. The van der Waals surface area contributed by atoms with E-state index in [0.717, 1.165) is 0 Å². The third-order valence-corrected chi connectivity index (χ3v) is 3.06. The zero-order chi connectivity index (χ0) is 11.5. The largest absolute Gasteiger partial charge is 0.397 e. The lowest BCUT2D eigenvalue weighted by Gasteiger charge is -2.03. The number of aromatic amines is 1. The summed E-state index contributed by atoms with van der Waals surface area (Å²) in [7, 11) is 0. The van der Waals surface area contributed by atoms with Crippen LogP contribution in [0.4, 0.5) is 5.69 Å².